The Hall–Kier alpha value is -2.24. The summed E-state index contributed by atoms with van der Waals surface area (Å²) >= 11 is 0. The van der Waals surface area contributed by atoms with Crippen LogP contribution in [0, 0.1) is 0 Å². The maximum Gasteiger partial charge on any atom is 0.168 e. The fraction of sp³-hybridized carbons (Fsp3) is 0.600. The zero-order valence-electron chi connectivity index (χ0n) is 15.7. The number of hydrogen-bond donors (Lipinski definition) is 1. The van der Waals surface area contributed by atoms with Crippen LogP contribution in [-0.2, 0) is 17.6 Å². The van der Waals surface area contributed by atoms with Crippen LogP contribution in [0.1, 0.15) is 81.1 Å². The van der Waals surface area contributed by atoms with E-state index in [0.717, 1.165) is 19.3 Å². The van der Waals surface area contributed by atoms with Gasteiger partial charge in [-0.2, -0.15) is 0 Å². The summed E-state index contributed by atoms with van der Waals surface area (Å²) in [5.41, 5.74) is 1.89. The molecule has 26 heavy (non-hydrogen) atoms. The van der Waals surface area contributed by atoms with Gasteiger partial charge >= 0.3 is 0 Å². The van der Waals surface area contributed by atoms with Crippen LogP contribution in [0.15, 0.2) is 20.8 Å². The second-order valence-electron chi connectivity index (χ2n) is 8.03. The Balaban J connectivity index is 1.84. The Bertz CT molecular complexity index is 793. The smallest absolute Gasteiger partial charge is 0.168 e. The molecule has 0 aliphatic heterocycles. The van der Waals surface area contributed by atoms with E-state index in [-0.39, 0.29) is 29.3 Å². The molecule has 0 atom stereocenters. The number of allylic oxidation sites excluding steroid dienone is 2. The van der Waals surface area contributed by atoms with E-state index < -0.39 is 0 Å². The summed E-state index contributed by atoms with van der Waals surface area (Å²) in [7, 11) is 0. The van der Waals surface area contributed by atoms with E-state index in [9.17, 15) is 14.7 Å². The normalized spacial score (nSPS) is 21.9. The average molecular weight is 358 g/mol. The molecule has 1 heterocycles. The molecule has 0 radical (unpaired) electrons. The lowest BCUT2D eigenvalue weighted by atomic mass is 9.88. The van der Waals surface area contributed by atoms with Crippen LogP contribution in [0.5, 0.6) is 0 Å². The molecule has 1 fully saturated rings. The van der Waals surface area contributed by atoms with Crippen LogP contribution in [0.3, 0.4) is 0 Å². The van der Waals surface area contributed by atoms with Crippen molar-refractivity contribution in [1.82, 2.24) is 5.16 Å². The number of rotatable bonds is 3. The zero-order valence-corrected chi connectivity index (χ0v) is 15.7. The second kappa shape index (κ2) is 7.17. The summed E-state index contributed by atoms with van der Waals surface area (Å²) in [5, 5.41) is 14.6. The van der Waals surface area contributed by atoms with Crippen molar-refractivity contribution in [3.8, 4) is 0 Å². The highest BCUT2D eigenvalue weighted by Crippen LogP contribution is 2.28. The van der Waals surface area contributed by atoms with Crippen LogP contribution in [0.2, 0.25) is 0 Å². The van der Waals surface area contributed by atoms with Gasteiger partial charge in [0.25, 0.3) is 0 Å². The number of aliphatic hydroxyl groups excluding tert-OH is 1. The molecule has 1 aromatic rings. The number of hydrogen-bond acceptors (Lipinski definition) is 6. The summed E-state index contributed by atoms with van der Waals surface area (Å²) in [5.74, 6) is 0.679. The van der Waals surface area contributed by atoms with E-state index in [0.29, 0.717) is 54.0 Å². The first kappa shape index (κ1) is 18.5. The van der Waals surface area contributed by atoms with Crippen LogP contribution >= 0.6 is 0 Å². The number of nitrogens with zero attached hydrogens (tertiary/aromatic N) is 2. The quantitative estimate of drug-likeness (QED) is 0.653. The third-order valence-corrected chi connectivity index (χ3v) is 4.66. The molecule has 1 N–H and O–H groups in total. The molecular weight excluding hydrogens is 332 g/mol. The summed E-state index contributed by atoms with van der Waals surface area (Å²) in [6, 6.07) is 0. The van der Waals surface area contributed by atoms with E-state index in [1.54, 1.807) is 0 Å². The molecule has 0 bridgehead atoms. The number of aliphatic hydroxyl groups is 1. The van der Waals surface area contributed by atoms with Gasteiger partial charge in [0.1, 0.15) is 11.5 Å². The fourth-order valence-electron chi connectivity index (χ4n) is 3.59. The van der Waals surface area contributed by atoms with Gasteiger partial charge in [-0.1, -0.05) is 5.16 Å². The lowest BCUT2D eigenvalue weighted by molar-refractivity contribution is -0.115. The minimum atomic E-state index is -0.309. The molecule has 0 spiro atoms. The maximum atomic E-state index is 12.4. The van der Waals surface area contributed by atoms with Gasteiger partial charge in [-0.05, 0) is 40.0 Å². The number of Topliss-reactive ketones (excluding diaryl/α,β-unsaturated/α-hetero) is 2. The van der Waals surface area contributed by atoms with Crippen molar-refractivity contribution in [3.63, 3.8) is 0 Å². The van der Waals surface area contributed by atoms with Crippen molar-refractivity contribution in [2.24, 2.45) is 4.99 Å². The van der Waals surface area contributed by atoms with E-state index in [4.69, 9.17) is 4.52 Å². The van der Waals surface area contributed by atoms with E-state index in [2.05, 4.69) is 10.1 Å². The number of aryl methyl sites for hydroxylation is 2. The molecule has 0 saturated heterocycles. The highest BCUT2D eigenvalue weighted by molar-refractivity contribution is 6.24. The third-order valence-electron chi connectivity index (χ3n) is 4.66. The first-order chi connectivity index (χ1) is 12.3. The van der Waals surface area contributed by atoms with Gasteiger partial charge < -0.3 is 9.63 Å². The van der Waals surface area contributed by atoms with Gasteiger partial charge in [-0.25, -0.2) is 0 Å². The van der Waals surface area contributed by atoms with Crippen LogP contribution < -0.4 is 0 Å². The molecule has 0 amide bonds. The van der Waals surface area contributed by atoms with Gasteiger partial charge in [-0.15, -0.1) is 0 Å². The van der Waals surface area contributed by atoms with Gasteiger partial charge in [-0.3, -0.25) is 14.6 Å². The summed E-state index contributed by atoms with van der Waals surface area (Å²) in [4.78, 5) is 29.2. The third kappa shape index (κ3) is 3.94. The lowest BCUT2D eigenvalue weighted by Gasteiger charge is -2.22. The van der Waals surface area contributed by atoms with E-state index in [1.165, 1.54) is 0 Å². The number of aliphatic imine (C=N–C) groups is 1. The van der Waals surface area contributed by atoms with Crippen molar-refractivity contribution in [1.29, 1.82) is 0 Å². The average Bonchev–Trinajstić information content (AvgIpc) is 2.96. The monoisotopic (exact) mass is 358 g/mol. The predicted molar refractivity (Wildman–Crippen MR) is 97.8 cm³/mol. The molecule has 1 saturated carbocycles. The van der Waals surface area contributed by atoms with Gasteiger partial charge in [0.2, 0.25) is 0 Å². The minimum Gasteiger partial charge on any atom is -0.511 e. The highest BCUT2D eigenvalue weighted by atomic mass is 16.5. The summed E-state index contributed by atoms with van der Waals surface area (Å²) < 4.78 is 5.28. The van der Waals surface area contributed by atoms with Gasteiger partial charge in [0.15, 0.2) is 11.6 Å². The molecule has 6 heteroatoms. The fourth-order valence-corrected chi connectivity index (χ4v) is 3.59. The molecule has 0 aromatic carbocycles. The van der Waals surface area contributed by atoms with Crippen molar-refractivity contribution in [2.45, 2.75) is 77.7 Å². The van der Waals surface area contributed by atoms with Crippen LogP contribution in [-0.4, -0.2) is 33.1 Å². The van der Waals surface area contributed by atoms with Crippen molar-refractivity contribution >= 4 is 17.3 Å². The Labute approximate surface area is 153 Å². The SMILES string of the molecule is CC(C)(C)N=C1CCCC(=O)C1=C(O)CCc1noc2c1C(=O)CCC2. The first-order valence-electron chi connectivity index (χ1n) is 9.31. The molecule has 140 valence electrons. The number of ketones is 2. The maximum absolute atomic E-state index is 12.4. The number of fused-ring (bicyclic) bond motifs is 1. The Morgan fingerprint density at radius 2 is 1.81 bits per heavy atom. The van der Waals surface area contributed by atoms with E-state index >= 15 is 0 Å². The number of carbonyl (C=O) groups excluding carboxylic acids is 2. The largest absolute Gasteiger partial charge is 0.511 e. The Morgan fingerprint density at radius 1 is 1.12 bits per heavy atom. The van der Waals surface area contributed by atoms with Crippen LogP contribution in [0.25, 0.3) is 0 Å². The molecule has 2 aliphatic rings. The Kier molecular flexibility index (Phi) is 5.12. The first-order valence-corrected chi connectivity index (χ1v) is 9.31. The topological polar surface area (TPSA) is 92.8 Å². The minimum absolute atomic E-state index is 0.0395. The van der Waals surface area contributed by atoms with Gasteiger partial charge in [0, 0.05) is 37.8 Å². The molecular formula is C20H26N2O4. The van der Waals surface area contributed by atoms with Crippen molar-refractivity contribution in [2.75, 3.05) is 0 Å². The standard InChI is InChI=1S/C20H26N2O4/c1-20(2,3)21-12-6-4-7-14(23)18(12)16(25)11-10-13-19-15(24)8-5-9-17(19)26-22-13/h25H,4-11H2,1-3H3. The van der Waals surface area contributed by atoms with E-state index in [1.807, 2.05) is 20.8 Å². The molecule has 6 nitrogen and oxygen atoms in total. The van der Waals surface area contributed by atoms with Crippen molar-refractivity contribution in [3.05, 3.63) is 28.3 Å². The molecule has 1 aromatic heterocycles. The summed E-state index contributed by atoms with van der Waals surface area (Å²) in [6.45, 7) is 5.92. The lowest BCUT2D eigenvalue weighted by Crippen LogP contribution is -2.25. The highest BCUT2D eigenvalue weighted by Gasteiger charge is 2.29. The zero-order chi connectivity index (χ0) is 18.9. The second-order valence-corrected chi connectivity index (χ2v) is 8.03. The molecule has 0 unspecified atom stereocenters. The molecule has 2 aliphatic carbocycles. The van der Waals surface area contributed by atoms with Gasteiger partial charge in [0.05, 0.1) is 22.4 Å². The predicted octanol–water partition coefficient (Wildman–Crippen LogP) is 3.93. The number of carbonyl (C=O) groups is 2. The number of aromatic nitrogens is 1. The van der Waals surface area contributed by atoms with Crippen LogP contribution in [0.4, 0.5) is 0 Å². The Morgan fingerprint density at radius 3 is 2.54 bits per heavy atom. The summed E-state index contributed by atoms with van der Waals surface area (Å²) in [6.07, 6.45) is 4.52. The molecule has 3 rings (SSSR count). The van der Waals surface area contributed by atoms with Crippen molar-refractivity contribution < 1.29 is 19.2 Å².